The van der Waals surface area contributed by atoms with Crippen molar-refractivity contribution in [3.8, 4) is 0 Å². The molecule has 4 heterocycles. The van der Waals surface area contributed by atoms with Crippen molar-refractivity contribution in [2.75, 3.05) is 32.9 Å². The summed E-state index contributed by atoms with van der Waals surface area (Å²) >= 11 is 0. The maximum atomic E-state index is 13.3. The van der Waals surface area contributed by atoms with Crippen LogP contribution in [0.3, 0.4) is 0 Å². The lowest BCUT2D eigenvalue weighted by molar-refractivity contribution is 0.0205. The van der Waals surface area contributed by atoms with Gasteiger partial charge in [0.05, 0.1) is 31.4 Å². The molecule has 2 atom stereocenters. The van der Waals surface area contributed by atoms with E-state index in [0.29, 0.717) is 44.2 Å². The summed E-state index contributed by atoms with van der Waals surface area (Å²) in [7, 11) is 0. The van der Waals surface area contributed by atoms with Crippen LogP contribution in [0.2, 0.25) is 0 Å². The number of ether oxygens (including phenoxy) is 2. The number of morpholine rings is 1. The molecule has 0 bridgehead atoms. The number of nitrogens with one attached hydrogen (secondary N) is 1. The van der Waals surface area contributed by atoms with E-state index in [-0.39, 0.29) is 17.7 Å². The molecule has 0 aliphatic carbocycles. The molecule has 0 unspecified atom stereocenters. The molecule has 9 nitrogen and oxygen atoms in total. The highest BCUT2D eigenvalue weighted by Crippen LogP contribution is 2.29. The number of tetrazole rings is 1. The van der Waals surface area contributed by atoms with Gasteiger partial charge in [-0.1, -0.05) is 12.1 Å². The van der Waals surface area contributed by atoms with Gasteiger partial charge in [0.15, 0.2) is 5.82 Å². The Morgan fingerprint density at radius 1 is 1.23 bits per heavy atom. The Labute approximate surface area is 180 Å². The third kappa shape index (κ3) is 3.88. The van der Waals surface area contributed by atoms with Crippen LogP contribution < -0.4 is 5.56 Å². The average Bonchev–Trinajstić information content (AvgIpc) is 3.46. The molecule has 0 saturated carbocycles. The van der Waals surface area contributed by atoms with Crippen molar-refractivity contribution < 1.29 is 9.47 Å². The van der Waals surface area contributed by atoms with Gasteiger partial charge < -0.3 is 14.5 Å². The fourth-order valence-electron chi connectivity index (χ4n) is 4.60. The van der Waals surface area contributed by atoms with Crippen molar-refractivity contribution in [3.63, 3.8) is 0 Å². The highest BCUT2D eigenvalue weighted by molar-refractivity contribution is 5.83. The molecule has 9 heteroatoms. The number of aryl methyl sites for hydroxylation is 2. The Kier molecular flexibility index (Phi) is 5.56. The molecule has 3 aromatic rings. The second kappa shape index (κ2) is 8.49. The number of hydrogen-bond donors (Lipinski definition) is 1. The fraction of sp³-hybridized carbons (Fsp3) is 0.545. The molecule has 2 aliphatic heterocycles. The van der Waals surface area contributed by atoms with Gasteiger partial charge in [0.2, 0.25) is 0 Å². The van der Waals surface area contributed by atoms with Gasteiger partial charge in [0, 0.05) is 25.3 Å². The van der Waals surface area contributed by atoms with Crippen LogP contribution in [0, 0.1) is 13.8 Å². The van der Waals surface area contributed by atoms with Crippen molar-refractivity contribution in [1.29, 1.82) is 0 Å². The largest absolute Gasteiger partial charge is 0.379 e. The van der Waals surface area contributed by atoms with E-state index in [1.165, 1.54) is 0 Å². The zero-order valence-electron chi connectivity index (χ0n) is 18.0. The lowest BCUT2D eigenvalue weighted by Gasteiger charge is -2.33. The highest BCUT2D eigenvalue weighted by atomic mass is 16.5. The topological polar surface area (TPSA) is 98.2 Å². The number of benzene rings is 1. The van der Waals surface area contributed by atoms with Crippen LogP contribution in [0.1, 0.15) is 41.4 Å². The molecule has 1 N–H and O–H groups in total. The van der Waals surface area contributed by atoms with Crippen molar-refractivity contribution >= 4 is 10.9 Å². The van der Waals surface area contributed by atoms with Crippen molar-refractivity contribution in [2.45, 2.75) is 45.4 Å². The summed E-state index contributed by atoms with van der Waals surface area (Å²) in [4.78, 5) is 18.7. The molecular formula is C22H28N6O3. The van der Waals surface area contributed by atoms with Gasteiger partial charge in [-0.05, 0) is 59.7 Å². The molecule has 2 aromatic heterocycles. The molecule has 2 aliphatic rings. The molecule has 0 amide bonds. The number of pyridine rings is 1. The zero-order valence-corrected chi connectivity index (χ0v) is 18.0. The second-order valence-corrected chi connectivity index (χ2v) is 8.43. The predicted octanol–water partition coefficient (Wildman–Crippen LogP) is 1.73. The minimum Gasteiger partial charge on any atom is -0.379 e. The lowest BCUT2D eigenvalue weighted by atomic mass is 10.00. The van der Waals surface area contributed by atoms with Crippen molar-refractivity contribution in [1.82, 2.24) is 30.1 Å². The van der Waals surface area contributed by atoms with Gasteiger partial charge >= 0.3 is 0 Å². The lowest BCUT2D eigenvalue weighted by Crippen LogP contribution is -2.42. The maximum absolute atomic E-state index is 13.3. The normalized spacial score (nSPS) is 21.0. The van der Waals surface area contributed by atoms with Crippen molar-refractivity contribution in [3.05, 3.63) is 51.1 Å². The minimum atomic E-state index is -0.352. The Hall–Kier alpha value is -2.62. The predicted molar refractivity (Wildman–Crippen MR) is 115 cm³/mol. The Morgan fingerprint density at radius 3 is 2.84 bits per heavy atom. The molecule has 2 saturated heterocycles. The summed E-state index contributed by atoms with van der Waals surface area (Å²) in [6, 6.07) is 5.79. The Bertz CT molecular complexity index is 1130. The molecule has 0 spiro atoms. The Morgan fingerprint density at radius 2 is 2.06 bits per heavy atom. The monoisotopic (exact) mass is 424 g/mol. The summed E-state index contributed by atoms with van der Waals surface area (Å²) in [5.74, 6) is 0.672. The van der Waals surface area contributed by atoms with Crippen LogP contribution >= 0.6 is 0 Å². The molecule has 164 valence electrons. The van der Waals surface area contributed by atoms with Gasteiger partial charge in [-0.3, -0.25) is 9.69 Å². The third-order valence-electron chi connectivity index (χ3n) is 6.49. The number of aromatic amines is 1. The van der Waals surface area contributed by atoms with Gasteiger partial charge in [-0.25, -0.2) is 4.68 Å². The van der Waals surface area contributed by atoms with Crippen LogP contribution in [0.25, 0.3) is 10.9 Å². The van der Waals surface area contributed by atoms with E-state index in [1.807, 2.05) is 13.0 Å². The quantitative estimate of drug-likeness (QED) is 0.666. The van der Waals surface area contributed by atoms with Gasteiger partial charge in [-0.15, -0.1) is 5.10 Å². The summed E-state index contributed by atoms with van der Waals surface area (Å²) in [5, 5.41) is 13.6. The minimum absolute atomic E-state index is 0.105. The van der Waals surface area contributed by atoms with E-state index in [0.717, 1.165) is 41.5 Å². The number of aromatic nitrogens is 5. The average molecular weight is 425 g/mol. The van der Waals surface area contributed by atoms with Crippen LogP contribution in [-0.4, -0.2) is 69.1 Å². The summed E-state index contributed by atoms with van der Waals surface area (Å²) < 4.78 is 13.2. The maximum Gasteiger partial charge on any atom is 0.253 e. The number of hydrogen-bond acceptors (Lipinski definition) is 7. The number of nitrogens with zero attached hydrogens (tertiary/aromatic N) is 5. The van der Waals surface area contributed by atoms with E-state index in [1.54, 1.807) is 4.68 Å². The van der Waals surface area contributed by atoms with Gasteiger partial charge in [-0.2, -0.15) is 0 Å². The molecule has 1 aromatic carbocycles. The first-order valence-electron chi connectivity index (χ1n) is 10.9. The van der Waals surface area contributed by atoms with E-state index in [2.05, 4.69) is 44.5 Å². The SMILES string of the molecule is Cc1ccc2cc([C@@H](c3nnnn3C[C@H]3CCCO3)N3CCOCC3)c(=O)[nH]c2c1C. The smallest absolute Gasteiger partial charge is 0.253 e. The second-order valence-electron chi connectivity index (χ2n) is 8.43. The zero-order chi connectivity index (χ0) is 21.4. The molecular weight excluding hydrogens is 396 g/mol. The van der Waals surface area contributed by atoms with E-state index in [9.17, 15) is 4.79 Å². The van der Waals surface area contributed by atoms with E-state index >= 15 is 0 Å². The number of fused-ring (bicyclic) bond motifs is 1. The van der Waals surface area contributed by atoms with Crippen LogP contribution in [-0.2, 0) is 16.0 Å². The van der Waals surface area contributed by atoms with E-state index < -0.39 is 0 Å². The first-order valence-corrected chi connectivity index (χ1v) is 10.9. The number of H-pyrrole nitrogens is 1. The fourth-order valence-corrected chi connectivity index (χ4v) is 4.60. The highest BCUT2D eigenvalue weighted by Gasteiger charge is 2.32. The van der Waals surface area contributed by atoms with Crippen LogP contribution in [0.4, 0.5) is 0 Å². The first kappa shape index (κ1) is 20.3. The molecule has 31 heavy (non-hydrogen) atoms. The molecule has 0 radical (unpaired) electrons. The molecule has 2 fully saturated rings. The van der Waals surface area contributed by atoms with Crippen molar-refractivity contribution in [2.24, 2.45) is 0 Å². The van der Waals surface area contributed by atoms with E-state index in [4.69, 9.17) is 9.47 Å². The first-order chi connectivity index (χ1) is 15.1. The summed E-state index contributed by atoms with van der Waals surface area (Å²) in [5.41, 5.74) is 3.67. The summed E-state index contributed by atoms with van der Waals surface area (Å²) in [6.45, 7) is 8.11. The van der Waals surface area contributed by atoms with Crippen LogP contribution in [0.5, 0.6) is 0 Å². The summed E-state index contributed by atoms with van der Waals surface area (Å²) in [6.07, 6.45) is 2.16. The standard InChI is InChI=1S/C22H28N6O3/c1-14-5-6-16-12-18(22(29)23-19(16)15(14)2)20(27-7-10-30-11-8-27)21-24-25-26-28(21)13-17-4-3-9-31-17/h5-6,12,17,20H,3-4,7-11,13H2,1-2H3,(H,23,29)/t17-,20+/m1/s1. The van der Waals surface area contributed by atoms with Gasteiger partial charge in [0.25, 0.3) is 5.56 Å². The third-order valence-corrected chi connectivity index (χ3v) is 6.49. The molecule has 5 rings (SSSR count). The number of rotatable bonds is 5. The van der Waals surface area contributed by atoms with Gasteiger partial charge in [0.1, 0.15) is 6.04 Å². The Balaban J connectivity index is 1.61. The van der Waals surface area contributed by atoms with Crippen LogP contribution in [0.15, 0.2) is 23.0 Å².